The second-order valence-electron chi connectivity index (χ2n) is 7.46. The van der Waals surface area contributed by atoms with Gasteiger partial charge in [0.2, 0.25) is 5.91 Å². The number of quaternary nitrogens is 1. The quantitative estimate of drug-likeness (QED) is 0.606. The number of carbonyl (C=O) groups is 2. The van der Waals surface area contributed by atoms with Crippen molar-refractivity contribution in [1.29, 1.82) is 0 Å². The number of nitrogens with zero attached hydrogens (tertiary/aromatic N) is 1. The summed E-state index contributed by atoms with van der Waals surface area (Å²) >= 11 is 1.75. The number of benzene rings is 2. The minimum absolute atomic E-state index is 0.000267. The van der Waals surface area contributed by atoms with Gasteiger partial charge in [-0.15, -0.1) is 11.3 Å². The highest BCUT2D eigenvalue weighted by atomic mass is 32.1. The first-order valence-electron chi connectivity index (χ1n) is 9.96. The van der Waals surface area contributed by atoms with Gasteiger partial charge in [0.15, 0.2) is 11.6 Å². The number of nitrogens with one attached hydrogen (secondary N) is 3. The molecule has 0 aliphatic carbocycles. The summed E-state index contributed by atoms with van der Waals surface area (Å²) in [5.74, 6) is -0.114. The smallest absolute Gasteiger partial charge is 0.279 e. The summed E-state index contributed by atoms with van der Waals surface area (Å²) in [7, 11) is 0. The third-order valence-electron chi connectivity index (χ3n) is 5.22. The summed E-state index contributed by atoms with van der Waals surface area (Å²) in [5.41, 5.74) is 2.49. The molecule has 2 amide bonds. The molecular weight excluding hydrogens is 384 g/mol. The van der Waals surface area contributed by atoms with Gasteiger partial charge in [0.1, 0.15) is 6.04 Å². The number of likely N-dealkylation sites (tertiary alicyclic amines) is 1. The van der Waals surface area contributed by atoms with Crippen LogP contribution in [0.15, 0.2) is 48.5 Å². The molecule has 1 fully saturated rings. The molecule has 4 rings (SSSR count). The second kappa shape index (κ2) is 8.71. The third-order valence-corrected chi connectivity index (χ3v) is 6.37. The van der Waals surface area contributed by atoms with Crippen LogP contribution < -0.4 is 15.5 Å². The number of hydrogen-bond donors (Lipinski definition) is 3. The Morgan fingerprint density at radius 1 is 1.07 bits per heavy atom. The van der Waals surface area contributed by atoms with E-state index in [4.69, 9.17) is 4.98 Å². The molecule has 3 aromatic rings. The van der Waals surface area contributed by atoms with Crippen LogP contribution in [0.4, 0.5) is 11.4 Å². The SMILES string of the molecule is CC(=O)Nc1ccc(NC(=O)C[NH+]2CCCC[C@H]2c2nc3ccccc3s2)cc1. The van der Waals surface area contributed by atoms with E-state index in [1.165, 1.54) is 22.9 Å². The van der Waals surface area contributed by atoms with Gasteiger partial charge in [-0.05, 0) is 49.2 Å². The maximum Gasteiger partial charge on any atom is 0.279 e. The Hall–Kier alpha value is -2.77. The largest absolute Gasteiger partial charge is 0.326 e. The Morgan fingerprint density at radius 2 is 1.79 bits per heavy atom. The Morgan fingerprint density at radius 3 is 2.52 bits per heavy atom. The predicted octanol–water partition coefficient (Wildman–Crippen LogP) is 3.00. The first kappa shape index (κ1) is 19.5. The van der Waals surface area contributed by atoms with Crippen molar-refractivity contribution in [1.82, 2.24) is 4.98 Å². The summed E-state index contributed by atoms with van der Waals surface area (Å²) in [5, 5.41) is 6.84. The highest BCUT2D eigenvalue weighted by Crippen LogP contribution is 2.28. The monoisotopic (exact) mass is 409 g/mol. The Kier molecular flexibility index (Phi) is 5.87. The van der Waals surface area contributed by atoms with Crippen LogP contribution in [0.25, 0.3) is 10.2 Å². The Balaban J connectivity index is 1.42. The zero-order chi connectivity index (χ0) is 20.2. The van der Waals surface area contributed by atoms with Crippen LogP contribution in [0, 0.1) is 0 Å². The lowest BCUT2D eigenvalue weighted by Gasteiger charge is -2.30. The lowest BCUT2D eigenvalue weighted by Crippen LogP contribution is -3.14. The van der Waals surface area contributed by atoms with E-state index in [-0.39, 0.29) is 17.9 Å². The first-order chi connectivity index (χ1) is 14.1. The Bertz CT molecular complexity index is 982. The van der Waals surface area contributed by atoms with E-state index in [2.05, 4.69) is 22.8 Å². The lowest BCUT2D eigenvalue weighted by atomic mass is 10.0. The number of thiazole rings is 1. The van der Waals surface area contributed by atoms with E-state index in [9.17, 15) is 9.59 Å². The lowest BCUT2D eigenvalue weighted by molar-refractivity contribution is -0.929. The molecule has 6 nitrogen and oxygen atoms in total. The molecule has 1 aromatic heterocycles. The zero-order valence-corrected chi connectivity index (χ0v) is 17.2. The molecular formula is C22H25N4O2S+. The summed E-state index contributed by atoms with van der Waals surface area (Å²) in [6.45, 7) is 2.88. The molecule has 1 aliphatic rings. The molecule has 7 heteroatoms. The number of aromatic nitrogens is 1. The van der Waals surface area contributed by atoms with E-state index < -0.39 is 0 Å². The summed E-state index contributed by atoms with van der Waals surface area (Å²) in [6.07, 6.45) is 3.37. The molecule has 0 saturated carbocycles. The van der Waals surface area contributed by atoms with Crippen LogP contribution in [0.5, 0.6) is 0 Å². The second-order valence-corrected chi connectivity index (χ2v) is 8.52. The van der Waals surface area contributed by atoms with Crippen LogP contribution in [0.1, 0.15) is 37.2 Å². The topological polar surface area (TPSA) is 75.5 Å². The molecule has 0 bridgehead atoms. The number of amides is 2. The van der Waals surface area contributed by atoms with Crippen molar-refractivity contribution in [2.75, 3.05) is 23.7 Å². The van der Waals surface area contributed by atoms with Crippen molar-refractivity contribution in [3.05, 3.63) is 53.5 Å². The summed E-state index contributed by atoms with van der Waals surface area (Å²) in [4.78, 5) is 29.9. The van der Waals surface area contributed by atoms with E-state index in [1.54, 1.807) is 35.6 Å². The fraction of sp³-hybridized carbons (Fsp3) is 0.318. The molecule has 1 unspecified atom stereocenters. The highest BCUT2D eigenvalue weighted by Gasteiger charge is 2.31. The molecule has 150 valence electrons. The van der Waals surface area contributed by atoms with Crippen molar-refractivity contribution in [3.8, 4) is 0 Å². The number of fused-ring (bicyclic) bond motifs is 1. The summed E-state index contributed by atoms with van der Waals surface area (Å²) in [6, 6.07) is 15.7. The molecule has 2 heterocycles. The molecule has 1 saturated heterocycles. The van der Waals surface area contributed by atoms with Gasteiger partial charge in [-0.25, -0.2) is 4.98 Å². The number of anilines is 2. The minimum atomic E-state index is -0.114. The third kappa shape index (κ3) is 4.81. The molecule has 1 aliphatic heterocycles. The standard InChI is InChI=1S/C22H24N4O2S/c1-15(27)23-16-9-11-17(12-10-16)24-21(28)14-26-13-5-4-7-19(26)22-25-18-6-2-3-8-20(18)29-22/h2-3,6,8-12,19H,4-5,7,13-14H2,1H3,(H,23,27)(H,24,28)/p+1/t19-/m0/s1. The van der Waals surface area contributed by atoms with Crippen molar-refractivity contribution in [3.63, 3.8) is 0 Å². The van der Waals surface area contributed by atoms with Gasteiger partial charge < -0.3 is 15.5 Å². The van der Waals surface area contributed by atoms with Crippen LogP contribution in [-0.2, 0) is 9.59 Å². The number of carbonyl (C=O) groups excluding carboxylic acids is 2. The minimum Gasteiger partial charge on any atom is -0.326 e. The van der Waals surface area contributed by atoms with Crippen molar-refractivity contribution < 1.29 is 14.5 Å². The zero-order valence-electron chi connectivity index (χ0n) is 16.4. The van der Waals surface area contributed by atoms with E-state index >= 15 is 0 Å². The fourth-order valence-electron chi connectivity index (χ4n) is 3.88. The normalized spacial score (nSPS) is 19.1. The van der Waals surface area contributed by atoms with Crippen LogP contribution in [-0.4, -0.2) is 29.9 Å². The van der Waals surface area contributed by atoms with E-state index in [0.717, 1.165) is 35.6 Å². The van der Waals surface area contributed by atoms with Gasteiger partial charge in [0.05, 0.1) is 16.8 Å². The van der Waals surface area contributed by atoms with Gasteiger partial charge in [-0.2, -0.15) is 0 Å². The molecule has 29 heavy (non-hydrogen) atoms. The van der Waals surface area contributed by atoms with Gasteiger partial charge in [-0.1, -0.05) is 12.1 Å². The maximum atomic E-state index is 12.7. The van der Waals surface area contributed by atoms with Gasteiger partial charge in [0, 0.05) is 24.7 Å². The molecule has 2 atom stereocenters. The number of piperidine rings is 1. The highest BCUT2D eigenvalue weighted by molar-refractivity contribution is 7.18. The number of para-hydroxylation sites is 1. The Labute approximate surface area is 173 Å². The van der Waals surface area contributed by atoms with Gasteiger partial charge in [0.25, 0.3) is 5.91 Å². The molecule has 2 aromatic carbocycles. The van der Waals surface area contributed by atoms with E-state index in [1.807, 2.05) is 12.1 Å². The molecule has 0 radical (unpaired) electrons. The van der Waals surface area contributed by atoms with Crippen LogP contribution in [0.3, 0.4) is 0 Å². The van der Waals surface area contributed by atoms with Gasteiger partial charge >= 0.3 is 0 Å². The number of rotatable bonds is 5. The summed E-state index contributed by atoms with van der Waals surface area (Å²) < 4.78 is 1.20. The number of hydrogen-bond acceptors (Lipinski definition) is 4. The van der Waals surface area contributed by atoms with E-state index in [0.29, 0.717) is 12.2 Å². The van der Waals surface area contributed by atoms with Crippen molar-refractivity contribution >= 4 is 44.7 Å². The van der Waals surface area contributed by atoms with Crippen LogP contribution >= 0.6 is 11.3 Å². The molecule has 3 N–H and O–H groups in total. The predicted molar refractivity (Wildman–Crippen MR) is 116 cm³/mol. The van der Waals surface area contributed by atoms with Gasteiger partial charge in [-0.3, -0.25) is 9.59 Å². The average Bonchev–Trinajstić information content (AvgIpc) is 3.13. The van der Waals surface area contributed by atoms with Crippen molar-refractivity contribution in [2.45, 2.75) is 32.2 Å². The van der Waals surface area contributed by atoms with Crippen molar-refractivity contribution in [2.24, 2.45) is 0 Å². The first-order valence-corrected chi connectivity index (χ1v) is 10.8. The average molecular weight is 410 g/mol. The molecule has 0 spiro atoms. The van der Waals surface area contributed by atoms with Crippen LogP contribution in [0.2, 0.25) is 0 Å². The fourth-order valence-corrected chi connectivity index (χ4v) is 5.04. The maximum absolute atomic E-state index is 12.7.